The van der Waals surface area contributed by atoms with Crippen LogP contribution in [0.4, 0.5) is 11.6 Å². The molecule has 0 radical (unpaired) electrons. The number of aromatic nitrogens is 1. The summed E-state index contributed by atoms with van der Waals surface area (Å²) in [7, 11) is 0. The molecule has 1 aromatic heterocycles. The van der Waals surface area contributed by atoms with Crippen molar-refractivity contribution < 1.29 is 9.32 Å². The summed E-state index contributed by atoms with van der Waals surface area (Å²) in [5.74, 6) is 0.834. The third kappa shape index (κ3) is 4.02. The molecular weight excluding hydrogens is 316 g/mol. The molecule has 1 amide bonds. The molecule has 0 fully saturated rings. The Kier molecular flexibility index (Phi) is 5.08. The summed E-state index contributed by atoms with van der Waals surface area (Å²) in [6, 6.07) is 8.48. The minimum atomic E-state index is -0.154. The van der Waals surface area contributed by atoms with E-state index in [1.165, 1.54) is 11.1 Å². The maximum atomic E-state index is 12.1. The number of amides is 1. The first-order valence-electron chi connectivity index (χ1n) is 8.76. The first kappa shape index (κ1) is 17.5. The molecule has 0 saturated heterocycles. The fourth-order valence-corrected chi connectivity index (χ4v) is 3.10. The molecule has 1 aromatic carbocycles. The Morgan fingerprint density at radius 1 is 1.32 bits per heavy atom. The average Bonchev–Trinajstić information content (AvgIpc) is 3.18. The molecule has 1 unspecified atom stereocenters. The molecule has 2 aromatic rings. The monoisotopic (exact) mass is 342 g/mol. The lowest BCUT2D eigenvalue weighted by molar-refractivity contribution is -0.114. The average molecular weight is 342 g/mol. The van der Waals surface area contributed by atoms with Crippen LogP contribution in [0, 0.1) is 12.8 Å². The number of hydrogen-bond acceptors (Lipinski definition) is 5. The molecule has 0 saturated carbocycles. The molecule has 3 rings (SSSR count). The van der Waals surface area contributed by atoms with Crippen LogP contribution in [0.25, 0.3) is 0 Å². The first-order valence-corrected chi connectivity index (χ1v) is 8.76. The van der Waals surface area contributed by atoms with Crippen molar-refractivity contribution >= 4 is 17.5 Å². The van der Waals surface area contributed by atoms with Crippen LogP contribution < -0.4 is 10.6 Å². The molecule has 134 valence electrons. The Morgan fingerprint density at radius 3 is 2.80 bits per heavy atom. The van der Waals surface area contributed by atoms with Crippen LogP contribution >= 0.6 is 0 Å². The van der Waals surface area contributed by atoms with Crippen molar-refractivity contribution in [3.63, 3.8) is 0 Å². The third-order valence-electron chi connectivity index (χ3n) is 4.88. The molecule has 1 atom stereocenters. The van der Waals surface area contributed by atoms with Gasteiger partial charge in [0.1, 0.15) is 0 Å². The standard InChI is InChI=1S/C19H26N4O2/c1-12(2)14(4)23-10-15-6-5-7-17(16(15)11-23)20-9-18(24)21-19-8-13(3)22-25-19/h5-8,12,14,20H,9-11H2,1-4H3,(H,21,24). The molecule has 1 aliphatic heterocycles. The van der Waals surface area contributed by atoms with Gasteiger partial charge in [-0.1, -0.05) is 31.1 Å². The molecule has 1 aliphatic rings. The van der Waals surface area contributed by atoms with E-state index in [0.29, 0.717) is 17.8 Å². The second-order valence-corrected chi connectivity index (χ2v) is 7.07. The highest BCUT2D eigenvalue weighted by Crippen LogP contribution is 2.31. The van der Waals surface area contributed by atoms with Crippen molar-refractivity contribution in [3.8, 4) is 0 Å². The SMILES string of the molecule is Cc1cc(NC(=O)CNc2cccc3c2CN(C(C)C(C)C)C3)on1. The second-order valence-electron chi connectivity index (χ2n) is 7.07. The normalized spacial score (nSPS) is 15.2. The summed E-state index contributed by atoms with van der Waals surface area (Å²) < 4.78 is 5.01. The molecule has 0 aliphatic carbocycles. The summed E-state index contributed by atoms with van der Waals surface area (Å²) in [5.41, 5.74) is 4.39. The highest BCUT2D eigenvalue weighted by atomic mass is 16.5. The van der Waals surface area contributed by atoms with Gasteiger partial charge in [0.25, 0.3) is 0 Å². The summed E-state index contributed by atoms with van der Waals surface area (Å²) >= 11 is 0. The van der Waals surface area contributed by atoms with Gasteiger partial charge < -0.3 is 9.84 Å². The van der Waals surface area contributed by atoms with Crippen molar-refractivity contribution in [3.05, 3.63) is 41.1 Å². The van der Waals surface area contributed by atoms with Crippen molar-refractivity contribution in [1.82, 2.24) is 10.1 Å². The number of nitrogens with one attached hydrogen (secondary N) is 2. The van der Waals surface area contributed by atoms with Crippen LogP contribution in [0.3, 0.4) is 0 Å². The number of hydrogen-bond donors (Lipinski definition) is 2. The van der Waals surface area contributed by atoms with Crippen LogP contribution in [0.2, 0.25) is 0 Å². The van der Waals surface area contributed by atoms with Gasteiger partial charge in [-0.05, 0) is 37.0 Å². The van der Waals surface area contributed by atoms with Crippen molar-refractivity contribution in [2.24, 2.45) is 5.92 Å². The summed E-state index contributed by atoms with van der Waals surface area (Å²) in [6.45, 7) is 10.7. The number of nitrogens with zero attached hydrogens (tertiary/aromatic N) is 2. The van der Waals surface area contributed by atoms with Gasteiger partial charge in [0, 0.05) is 30.9 Å². The minimum Gasteiger partial charge on any atom is -0.376 e. The van der Waals surface area contributed by atoms with Gasteiger partial charge in [0.05, 0.1) is 12.2 Å². The van der Waals surface area contributed by atoms with E-state index in [9.17, 15) is 4.79 Å². The van der Waals surface area contributed by atoms with Gasteiger partial charge in [-0.25, -0.2) is 0 Å². The first-order chi connectivity index (χ1) is 11.9. The van der Waals surface area contributed by atoms with Crippen LogP contribution in [-0.4, -0.2) is 28.6 Å². The number of anilines is 2. The lowest BCUT2D eigenvalue weighted by Crippen LogP contribution is -2.32. The van der Waals surface area contributed by atoms with Gasteiger partial charge in [0.15, 0.2) is 0 Å². The summed E-state index contributed by atoms with van der Waals surface area (Å²) in [6.07, 6.45) is 0. The predicted molar refractivity (Wildman–Crippen MR) is 98.3 cm³/mol. The van der Waals surface area contributed by atoms with Crippen LogP contribution in [0.15, 0.2) is 28.8 Å². The Morgan fingerprint density at radius 2 is 2.12 bits per heavy atom. The predicted octanol–water partition coefficient (Wildman–Crippen LogP) is 3.39. The van der Waals surface area contributed by atoms with E-state index in [0.717, 1.165) is 24.5 Å². The van der Waals surface area contributed by atoms with E-state index < -0.39 is 0 Å². The van der Waals surface area contributed by atoms with E-state index >= 15 is 0 Å². The van der Waals surface area contributed by atoms with E-state index in [2.05, 4.69) is 47.5 Å². The molecule has 25 heavy (non-hydrogen) atoms. The zero-order valence-corrected chi connectivity index (χ0v) is 15.3. The largest absolute Gasteiger partial charge is 0.376 e. The number of aryl methyl sites for hydroxylation is 1. The Hall–Kier alpha value is -2.34. The van der Waals surface area contributed by atoms with Crippen molar-refractivity contribution in [2.45, 2.75) is 46.8 Å². The third-order valence-corrected chi connectivity index (χ3v) is 4.88. The van der Waals surface area contributed by atoms with Crippen LogP contribution in [0.1, 0.15) is 37.6 Å². The number of fused-ring (bicyclic) bond motifs is 1. The zero-order chi connectivity index (χ0) is 18.0. The highest BCUT2D eigenvalue weighted by Gasteiger charge is 2.26. The number of benzene rings is 1. The van der Waals surface area contributed by atoms with Crippen molar-refractivity contribution in [1.29, 1.82) is 0 Å². The van der Waals surface area contributed by atoms with Gasteiger partial charge in [-0.2, -0.15) is 0 Å². The molecule has 2 heterocycles. The lowest BCUT2D eigenvalue weighted by Gasteiger charge is -2.27. The summed E-state index contributed by atoms with van der Waals surface area (Å²) in [5, 5.41) is 9.72. The van der Waals surface area contributed by atoms with Crippen molar-refractivity contribution in [2.75, 3.05) is 17.2 Å². The Bertz CT molecular complexity index is 754. The molecule has 2 N–H and O–H groups in total. The minimum absolute atomic E-state index is 0.154. The highest BCUT2D eigenvalue weighted by molar-refractivity contribution is 5.92. The quantitative estimate of drug-likeness (QED) is 0.842. The topological polar surface area (TPSA) is 70.4 Å². The van der Waals surface area contributed by atoms with Gasteiger partial charge in [0.2, 0.25) is 11.8 Å². The fourth-order valence-electron chi connectivity index (χ4n) is 3.10. The smallest absolute Gasteiger partial charge is 0.246 e. The van der Waals surface area contributed by atoms with E-state index in [4.69, 9.17) is 4.52 Å². The van der Waals surface area contributed by atoms with E-state index in [1.807, 2.05) is 19.1 Å². The summed E-state index contributed by atoms with van der Waals surface area (Å²) in [4.78, 5) is 14.6. The number of rotatable bonds is 6. The zero-order valence-electron chi connectivity index (χ0n) is 15.3. The Labute approximate surface area is 148 Å². The molecule has 0 bridgehead atoms. The van der Waals surface area contributed by atoms with E-state index in [1.54, 1.807) is 6.07 Å². The second kappa shape index (κ2) is 7.27. The maximum Gasteiger partial charge on any atom is 0.246 e. The number of carbonyl (C=O) groups excluding carboxylic acids is 1. The maximum absolute atomic E-state index is 12.1. The number of carbonyl (C=O) groups is 1. The van der Waals surface area contributed by atoms with Gasteiger partial charge in [-0.3, -0.25) is 15.0 Å². The van der Waals surface area contributed by atoms with Crippen LogP contribution in [0.5, 0.6) is 0 Å². The van der Waals surface area contributed by atoms with E-state index in [-0.39, 0.29) is 12.5 Å². The van der Waals surface area contributed by atoms with Gasteiger partial charge in [-0.15, -0.1) is 0 Å². The van der Waals surface area contributed by atoms with Gasteiger partial charge >= 0.3 is 0 Å². The molecule has 6 heteroatoms. The molecular formula is C19H26N4O2. The van der Waals surface area contributed by atoms with Crippen LogP contribution in [-0.2, 0) is 17.9 Å². The molecule has 0 spiro atoms. The fraction of sp³-hybridized carbons (Fsp3) is 0.474. The lowest BCUT2D eigenvalue weighted by atomic mass is 10.1. The Balaban J connectivity index is 1.61. The molecule has 6 nitrogen and oxygen atoms in total.